The molecule has 1 amide bonds. The van der Waals surface area contributed by atoms with E-state index in [1.54, 1.807) is 16.9 Å². The summed E-state index contributed by atoms with van der Waals surface area (Å²) in [6.45, 7) is 2.60. The highest BCUT2D eigenvalue weighted by Gasteiger charge is 2.23. The molecule has 1 aromatic carbocycles. The second kappa shape index (κ2) is 22.8. The molecule has 8 heteroatoms. The molecule has 0 fully saturated rings. The van der Waals surface area contributed by atoms with Gasteiger partial charge in [0.25, 0.3) is 0 Å². The molecule has 1 aliphatic heterocycles. The summed E-state index contributed by atoms with van der Waals surface area (Å²) >= 11 is 0. The fraction of sp³-hybridized carbons (Fsp3) is 0.697. The Balaban J connectivity index is 1.62. The van der Waals surface area contributed by atoms with Crippen molar-refractivity contribution in [2.45, 2.75) is 140 Å². The molecule has 6 nitrogen and oxygen atoms in total. The molecule has 1 aliphatic rings. The number of phenols is 2. The van der Waals surface area contributed by atoms with E-state index < -0.39 is 12.0 Å². The Morgan fingerprint density at radius 2 is 1.49 bits per heavy atom. The van der Waals surface area contributed by atoms with E-state index in [2.05, 4.69) is 23.7 Å². The molecule has 41 heavy (non-hydrogen) atoms. The first-order valence-corrected chi connectivity index (χ1v) is 18.2. The van der Waals surface area contributed by atoms with Crippen LogP contribution in [0.25, 0.3) is 0 Å². The summed E-state index contributed by atoms with van der Waals surface area (Å²) in [6.07, 6.45) is 23.3. The van der Waals surface area contributed by atoms with Gasteiger partial charge in [-0.2, -0.15) is 0 Å². The van der Waals surface area contributed by atoms with Crippen LogP contribution in [0.5, 0.6) is 11.5 Å². The Morgan fingerprint density at radius 1 is 0.854 bits per heavy atom. The van der Waals surface area contributed by atoms with Crippen LogP contribution in [0.3, 0.4) is 0 Å². The molecule has 0 aliphatic carbocycles. The SMILES string of the molecule is CCCCCCCCCCCCCCCCOC(=O)C(Cc1ccc(O)c(O)c1)NC(=O)CCCCC1C=CSS1. The zero-order valence-electron chi connectivity index (χ0n) is 25.1. The topological polar surface area (TPSA) is 95.9 Å². The van der Waals surface area contributed by atoms with E-state index in [0.717, 1.165) is 38.5 Å². The van der Waals surface area contributed by atoms with Gasteiger partial charge in [0.1, 0.15) is 6.04 Å². The van der Waals surface area contributed by atoms with Crippen LogP contribution >= 0.6 is 21.6 Å². The molecule has 0 saturated carbocycles. The average molecular weight is 608 g/mol. The molecule has 0 bridgehead atoms. The molecular formula is C33H53NO5S2. The summed E-state index contributed by atoms with van der Waals surface area (Å²) in [4.78, 5) is 25.6. The van der Waals surface area contributed by atoms with Crippen LogP contribution in [0.2, 0.25) is 0 Å². The van der Waals surface area contributed by atoms with Crippen LogP contribution in [0.4, 0.5) is 0 Å². The lowest BCUT2D eigenvalue weighted by Gasteiger charge is -2.18. The number of hydrogen-bond acceptors (Lipinski definition) is 7. The summed E-state index contributed by atoms with van der Waals surface area (Å²) in [6, 6.07) is 3.61. The van der Waals surface area contributed by atoms with Crippen molar-refractivity contribution in [3.05, 3.63) is 35.2 Å². The number of carbonyl (C=O) groups is 2. The summed E-state index contributed by atoms with van der Waals surface area (Å²) in [5.74, 6) is -1.09. The van der Waals surface area contributed by atoms with Crippen molar-refractivity contribution in [2.24, 2.45) is 0 Å². The normalized spacial score (nSPS) is 15.2. The number of amides is 1. The highest BCUT2D eigenvalue weighted by atomic mass is 33.1. The van der Waals surface area contributed by atoms with Crippen molar-refractivity contribution in [1.29, 1.82) is 0 Å². The third kappa shape index (κ3) is 17.0. The van der Waals surface area contributed by atoms with E-state index in [4.69, 9.17) is 4.74 Å². The van der Waals surface area contributed by atoms with E-state index >= 15 is 0 Å². The molecule has 232 valence electrons. The number of aromatic hydroxyl groups is 2. The highest BCUT2D eigenvalue weighted by molar-refractivity contribution is 8.78. The first-order valence-electron chi connectivity index (χ1n) is 15.9. The lowest BCUT2D eigenvalue weighted by atomic mass is 10.0. The minimum Gasteiger partial charge on any atom is -0.504 e. The largest absolute Gasteiger partial charge is 0.504 e. The quantitative estimate of drug-likeness (QED) is 0.0467. The average Bonchev–Trinajstić information content (AvgIpc) is 3.48. The van der Waals surface area contributed by atoms with Gasteiger partial charge in [-0.3, -0.25) is 4.79 Å². The maximum Gasteiger partial charge on any atom is 0.328 e. The number of esters is 1. The van der Waals surface area contributed by atoms with Crippen LogP contribution in [0.1, 0.15) is 128 Å². The van der Waals surface area contributed by atoms with E-state index in [1.807, 2.05) is 10.8 Å². The van der Waals surface area contributed by atoms with Gasteiger partial charge in [0.15, 0.2) is 11.5 Å². The predicted molar refractivity (Wildman–Crippen MR) is 173 cm³/mol. The lowest BCUT2D eigenvalue weighted by Crippen LogP contribution is -2.43. The number of nitrogens with one attached hydrogen (secondary N) is 1. The Bertz CT molecular complexity index is 894. The molecule has 3 N–H and O–H groups in total. The second-order valence-electron chi connectivity index (χ2n) is 11.2. The molecule has 2 rings (SSSR count). The molecule has 0 radical (unpaired) electrons. The van der Waals surface area contributed by atoms with Gasteiger partial charge in [0.05, 0.1) is 6.61 Å². The number of benzene rings is 1. The van der Waals surface area contributed by atoms with E-state index in [1.165, 1.54) is 82.8 Å². The van der Waals surface area contributed by atoms with Gasteiger partial charge in [0.2, 0.25) is 5.91 Å². The number of carbonyl (C=O) groups excluding carboxylic acids is 2. The monoisotopic (exact) mass is 607 g/mol. The molecule has 2 atom stereocenters. The summed E-state index contributed by atoms with van der Waals surface area (Å²) in [7, 11) is 3.60. The van der Waals surface area contributed by atoms with Crippen LogP contribution < -0.4 is 5.32 Å². The number of ether oxygens (including phenoxy) is 1. The number of rotatable bonds is 24. The molecule has 1 aromatic rings. The van der Waals surface area contributed by atoms with E-state index in [0.29, 0.717) is 23.8 Å². The van der Waals surface area contributed by atoms with Gasteiger partial charge in [-0.15, -0.1) is 0 Å². The first-order chi connectivity index (χ1) is 20.0. The van der Waals surface area contributed by atoms with Crippen LogP contribution in [-0.2, 0) is 20.7 Å². The summed E-state index contributed by atoms with van der Waals surface area (Å²) in [5.41, 5.74) is 0.640. The van der Waals surface area contributed by atoms with Crippen molar-refractivity contribution in [3.63, 3.8) is 0 Å². The standard InChI is InChI=1S/C33H53NO5S2/c1-2-3-4-5-6-7-8-9-10-11-12-13-14-17-23-39-33(38)29(25-27-20-21-30(35)31(36)26-27)34-32(37)19-16-15-18-28-22-24-40-41-28/h20-22,24,26,28-29,35-36H,2-19,23,25H2,1H3,(H,34,37). The van der Waals surface area contributed by atoms with Crippen molar-refractivity contribution in [1.82, 2.24) is 5.32 Å². The van der Waals surface area contributed by atoms with Crippen LogP contribution in [0.15, 0.2) is 29.7 Å². The zero-order valence-corrected chi connectivity index (χ0v) is 26.8. The van der Waals surface area contributed by atoms with Crippen molar-refractivity contribution >= 4 is 33.5 Å². The lowest BCUT2D eigenvalue weighted by molar-refractivity contribution is -0.148. The zero-order chi connectivity index (χ0) is 29.5. The third-order valence-electron chi connectivity index (χ3n) is 7.51. The van der Waals surface area contributed by atoms with Crippen molar-refractivity contribution in [3.8, 4) is 11.5 Å². The van der Waals surface area contributed by atoms with Gasteiger partial charge < -0.3 is 20.3 Å². The molecule has 2 unspecified atom stereocenters. The number of hydrogen-bond donors (Lipinski definition) is 3. The minimum absolute atomic E-state index is 0.171. The van der Waals surface area contributed by atoms with Gasteiger partial charge in [0, 0.05) is 18.1 Å². The van der Waals surface area contributed by atoms with E-state index in [9.17, 15) is 19.8 Å². The predicted octanol–water partition coefficient (Wildman–Crippen LogP) is 8.99. The van der Waals surface area contributed by atoms with E-state index in [-0.39, 0.29) is 23.8 Å². The maximum absolute atomic E-state index is 12.9. The second-order valence-corrected chi connectivity index (χ2v) is 13.6. The summed E-state index contributed by atoms with van der Waals surface area (Å²) < 4.78 is 5.55. The van der Waals surface area contributed by atoms with Crippen LogP contribution in [-0.4, -0.2) is 40.0 Å². The minimum atomic E-state index is -0.831. The van der Waals surface area contributed by atoms with Gasteiger partial charge in [-0.05, 0) is 42.4 Å². The molecule has 0 saturated heterocycles. The highest BCUT2D eigenvalue weighted by Crippen LogP contribution is 2.37. The Morgan fingerprint density at radius 3 is 2.07 bits per heavy atom. The Hall–Kier alpha value is -1.80. The number of phenolic OH excluding ortho intramolecular Hbond substituents is 2. The molecular weight excluding hydrogens is 554 g/mol. The smallest absolute Gasteiger partial charge is 0.328 e. The van der Waals surface area contributed by atoms with Gasteiger partial charge in [-0.25, -0.2) is 4.79 Å². The maximum atomic E-state index is 12.9. The Kier molecular flexibility index (Phi) is 19.6. The van der Waals surface area contributed by atoms with Gasteiger partial charge >= 0.3 is 5.97 Å². The summed E-state index contributed by atoms with van der Waals surface area (Å²) in [5, 5.41) is 24.9. The molecule has 0 aromatic heterocycles. The number of unbranched alkanes of at least 4 members (excludes halogenated alkanes) is 14. The van der Waals surface area contributed by atoms with Crippen LogP contribution in [0, 0.1) is 0 Å². The first kappa shape index (κ1) is 35.4. The third-order valence-corrected chi connectivity index (χ3v) is 9.94. The fourth-order valence-electron chi connectivity index (χ4n) is 4.99. The van der Waals surface area contributed by atoms with Gasteiger partial charge in [-0.1, -0.05) is 131 Å². The fourth-order valence-corrected chi connectivity index (χ4v) is 7.25. The molecule has 1 heterocycles. The Labute approximate surface area is 256 Å². The van der Waals surface area contributed by atoms with Crippen molar-refractivity contribution < 1.29 is 24.5 Å². The van der Waals surface area contributed by atoms with Crippen molar-refractivity contribution in [2.75, 3.05) is 6.61 Å². The molecule has 0 spiro atoms.